The zero-order valence-corrected chi connectivity index (χ0v) is 9.84. The average Bonchev–Trinajstić information content (AvgIpc) is 2.81. The van der Waals surface area contributed by atoms with E-state index in [2.05, 4.69) is 35.8 Å². The Morgan fingerprint density at radius 3 is 2.61 bits per heavy atom. The molecule has 2 aromatic rings. The van der Waals surface area contributed by atoms with Crippen LogP contribution in [0, 0.1) is 6.92 Å². The molecule has 0 aliphatic heterocycles. The molecule has 0 amide bonds. The van der Waals surface area contributed by atoms with Gasteiger partial charge in [0.15, 0.2) is 5.82 Å². The molecule has 0 bridgehead atoms. The zero-order valence-electron chi connectivity index (χ0n) is 9.84. The van der Waals surface area contributed by atoms with Crippen molar-refractivity contribution in [3.05, 3.63) is 11.7 Å². The highest BCUT2D eigenvalue weighted by Gasteiger charge is 2.07. The first-order chi connectivity index (χ1) is 8.71. The van der Waals surface area contributed by atoms with Gasteiger partial charge in [-0.1, -0.05) is 5.16 Å². The minimum atomic E-state index is 0.141. The predicted octanol–water partition coefficient (Wildman–Crippen LogP) is -0.531. The third-order valence-corrected chi connectivity index (χ3v) is 1.89. The van der Waals surface area contributed by atoms with Crippen molar-refractivity contribution in [2.75, 3.05) is 17.9 Å². The van der Waals surface area contributed by atoms with Gasteiger partial charge in [-0.15, -0.1) is 0 Å². The molecule has 2 rings (SSSR count). The van der Waals surface area contributed by atoms with Gasteiger partial charge >= 0.3 is 6.01 Å². The minimum absolute atomic E-state index is 0.141. The Morgan fingerprint density at radius 1 is 1.22 bits per heavy atom. The predicted molar refractivity (Wildman–Crippen MR) is 60.6 cm³/mol. The number of hydrogen-bond donors (Lipinski definition) is 3. The van der Waals surface area contributed by atoms with Gasteiger partial charge in [0.1, 0.15) is 0 Å². The van der Waals surface area contributed by atoms with Gasteiger partial charge in [0, 0.05) is 0 Å². The Hall–Kier alpha value is -2.49. The van der Waals surface area contributed by atoms with Gasteiger partial charge in [0.25, 0.3) is 0 Å². The van der Waals surface area contributed by atoms with Crippen LogP contribution < -0.4 is 21.3 Å². The van der Waals surface area contributed by atoms with E-state index in [-0.39, 0.29) is 24.5 Å². The molecule has 4 N–H and O–H groups in total. The first-order valence-electron chi connectivity index (χ1n) is 5.01. The quantitative estimate of drug-likeness (QED) is 0.470. The van der Waals surface area contributed by atoms with Gasteiger partial charge in [0.05, 0.1) is 13.7 Å². The summed E-state index contributed by atoms with van der Waals surface area (Å²) in [6, 6.07) is 0.141. The number of aromatic nitrogens is 5. The summed E-state index contributed by atoms with van der Waals surface area (Å²) in [6.07, 6.45) is 0. The van der Waals surface area contributed by atoms with Crippen LogP contribution in [-0.4, -0.2) is 32.2 Å². The minimum Gasteiger partial charge on any atom is -0.467 e. The third-order valence-electron chi connectivity index (χ3n) is 1.89. The number of nitrogen functional groups attached to an aromatic ring is 1. The molecule has 0 aliphatic carbocycles. The van der Waals surface area contributed by atoms with E-state index in [1.54, 1.807) is 6.92 Å². The fourth-order valence-electron chi connectivity index (χ4n) is 1.16. The third kappa shape index (κ3) is 2.79. The van der Waals surface area contributed by atoms with E-state index in [9.17, 15) is 0 Å². The normalized spacial score (nSPS) is 10.2. The first-order valence-corrected chi connectivity index (χ1v) is 5.01. The number of hydrazine groups is 1. The summed E-state index contributed by atoms with van der Waals surface area (Å²) in [6.45, 7) is 2.02. The van der Waals surface area contributed by atoms with E-state index in [0.717, 1.165) is 0 Å². The van der Waals surface area contributed by atoms with E-state index in [1.165, 1.54) is 7.11 Å². The smallest absolute Gasteiger partial charge is 0.322 e. The topological polar surface area (TPSA) is 137 Å². The molecule has 0 saturated carbocycles. The van der Waals surface area contributed by atoms with Crippen LogP contribution in [0.25, 0.3) is 0 Å². The van der Waals surface area contributed by atoms with Gasteiger partial charge in [-0.05, 0) is 6.92 Å². The maximum Gasteiger partial charge on any atom is 0.322 e. The number of nitrogens with one attached hydrogen (secondary N) is 2. The van der Waals surface area contributed by atoms with Crippen molar-refractivity contribution in [1.29, 1.82) is 0 Å². The molecule has 2 aromatic heterocycles. The molecular formula is C8H12N8O2. The number of nitrogens with two attached hydrogens (primary N) is 1. The second kappa shape index (κ2) is 5.23. The fourth-order valence-corrected chi connectivity index (χ4v) is 1.16. The van der Waals surface area contributed by atoms with Crippen LogP contribution in [0.4, 0.5) is 11.9 Å². The van der Waals surface area contributed by atoms with Gasteiger partial charge in [0.2, 0.25) is 17.8 Å². The van der Waals surface area contributed by atoms with Gasteiger partial charge in [-0.25, -0.2) is 5.84 Å². The van der Waals surface area contributed by atoms with E-state index in [0.29, 0.717) is 11.7 Å². The lowest BCUT2D eigenvalue weighted by Crippen LogP contribution is -2.14. The summed E-state index contributed by atoms with van der Waals surface area (Å²) >= 11 is 0. The second-order valence-corrected chi connectivity index (χ2v) is 3.20. The molecule has 0 aromatic carbocycles. The van der Waals surface area contributed by atoms with Crippen LogP contribution in [0.3, 0.4) is 0 Å². The van der Waals surface area contributed by atoms with Crippen LogP contribution in [0.1, 0.15) is 11.7 Å². The fraction of sp³-hybridized carbons (Fsp3) is 0.375. The van der Waals surface area contributed by atoms with Crippen molar-refractivity contribution in [1.82, 2.24) is 25.1 Å². The van der Waals surface area contributed by atoms with Crippen molar-refractivity contribution >= 4 is 11.9 Å². The summed E-state index contributed by atoms with van der Waals surface area (Å²) < 4.78 is 9.84. The maximum absolute atomic E-state index is 5.23. The van der Waals surface area contributed by atoms with Gasteiger partial charge < -0.3 is 14.6 Å². The molecule has 2 heterocycles. The SMILES string of the molecule is COc1nc(NN)nc(NCc2nc(C)no2)n1. The first kappa shape index (κ1) is 12.0. The highest BCUT2D eigenvalue weighted by molar-refractivity contribution is 5.34. The average molecular weight is 252 g/mol. The Labute approximate surface area is 102 Å². The largest absolute Gasteiger partial charge is 0.467 e. The Morgan fingerprint density at radius 2 is 2.00 bits per heavy atom. The molecular weight excluding hydrogens is 240 g/mol. The number of hydrogen-bond acceptors (Lipinski definition) is 10. The Kier molecular flexibility index (Phi) is 3.48. The standard InChI is InChI=1S/C8H12N8O2/c1-4-11-5(18-16-4)3-10-6-12-7(15-9)14-8(13-6)17-2/h3,9H2,1-2H3,(H2,10,12,13,14,15). The van der Waals surface area contributed by atoms with E-state index < -0.39 is 0 Å². The molecule has 0 aliphatic rings. The summed E-state index contributed by atoms with van der Waals surface area (Å²) in [5, 5.41) is 6.55. The Bertz CT molecular complexity index is 505. The molecule has 0 fully saturated rings. The summed E-state index contributed by atoms with van der Waals surface area (Å²) in [5.74, 6) is 6.68. The van der Waals surface area contributed by atoms with E-state index >= 15 is 0 Å². The van der Waals surface area contributed by atoms with Crippen molar-refractivity contribution in [2.24, 2.45) is 5.84 Å². The van der Waals surface area contributed by atoms with E-state index in [1.807, 2.05) is 0 Å². The molecule has 0 radical (unpaired) electrons. The molecule has 0 unspecified atom stereocenters. The number of ether oxygens (including phenoxy) is 1. The molecule has 96 valence electrons. The highest BCUT2D eigenvalue weighted by Crippen LogP contribution is 2.10. The highest BCUT2D eigenvalue weighted by atomic mass is 16.5. The lowest BCUT2D eigenvalue weighted by atomic mass is 10.6. The van der Waals surface area contributed by atoms with Gasteiger partial charge in [-0.3, -0.25) is 5.43 Å². The van der Waals surface area contributed by atoms with Gasteiger partial charge in [-0.2, -0.15) is 19.9 Å². The van der Waals surface area contributed by atoms with Crippen LogP contribution >= 0.6 is 0 Å². The number of nitrogens with zero attached hydrogens (tertiary/aromatic N) is 5. The summed E-state index contributed by atoms with van der Waals surface area (Å²) in [7, 11) is 1.45. The van der Waals surface area contributed by atoms with Crippen molar-refractivity contribution in [3.63, 3.8) is 0 Å². The second-order valence-electron chi connectivity index (χ2n) is 3.20. The van der Waals surface area contributed by atoms with Crippen LogP contribution in [-0.2, 0) is 6.54 Å². The summed E-state index contributed by atoms with van der Waals surface area (Å²) in [5.41, 5.74) is 2.31. The number of rotatable bonds is 5. The van der Waals surface area contributed by atoms with Crippen LogP contribution in [0.2, 0.25) is 0 Å². The number of methoxy groups -OCH3 is 1. The van der Waals surface area contributed by atoms with Crippen molar-refractivity contribution in [3.8, 4) is 6.01 Å². The molecule has 0 spiro atoms. The monoisotopic (exact) mass is 252 g/mol. The lowest BCUT2D eigenvalue weighted by Gasteiger charge is -2.05. The molecule has 0 atom stereocenters. The molecule has 18 heavy (non-hydrogen) atoms. The number of anilines is 2. The van der Waals surface area contributed by atoms with Crippen LogP contribution in [0.15, 0.2) is 4.52 Å². The van der Waals surface area contributed by atoms with Crippen molar-refractivity contribution in [2.45, 2.75) is 13.5 Å². The molecule has 10 nitrogen and oxygen atoms in total. The van der Waals surface area contributed by atoms with Crippen LogP contribution in [0.5, 0.6) is 6.01 Å². The zero-order chi connectivity index (χ0) is 13.0. The molecule has 10 heteroatoms. The summed E-state index contributed by atoms with van der Waals surface area (Å²) in [4.78, 5) is 15.8. The maximum atomic E-state index is 5.23. The Balaban J connectivity index is 2.08. The number of aryl methyl sites for hydroxylation is 1. The molecule has 0 saturated heterocycles. The lowest BCUT2D eigenvalue weighted by molar-refractivity contribution is 0.376. The van der Waals surface area contributed by atoms with Crippen molar-refractivity contribution < 1.29 is 9.26 Å². The van der Waals surface area contributed by atoms with E-state index in [4.69, 9.17) is 15.1 Å².